The second-order valence-corrected chi connectivity index (χ2v) is 17.8. The molecule has 60 heavy (non-hydrogen) atoms. The van der Waals surface area contributed by atoms with Crippen LogP contribution in [0.1, 0.15) is 119 Å². The number of piperidine rings is 1. The molecule has 1 aromatic carbocycles. The first-order chi connectivity index (χ1) is 28.1. The van der Waals surface area contributed by atoms with Gasteiger partial charge >= 0.3 is 11.8 Å². The van der Waals surface area contributed by atoms with E-state index in [-0.39, 0.29) is 63.3 Å². The Labute approximate surface area is 352 Å². The van der Waals surface area contributed by atoms with Gasteiger partial charge in [0.15, 0.2) is 5.79 Å². The fourth-order valence-corrected chi connectivity index (χ4v) is 9.30. The highest BCUT2D eigenvalue weighted by atomic mass is 16.7. The average molecular weight is 833 g/mol. The summed E-state index contributed by atoms with van der Waals surface area (Å²) in [5.74, 6) is -7.83. The lowest BCUT2D eigenvalue weighted by molar-refractivity contribution is -0.336. The zero-order chi connectivity index (χ0) is 44.2. The number of carbonyl (C=O) groups is 5. The lowest BCUT2D eigenvalue weighted by Crippen LogP contribution is -2.56. The lowest BCUT2D eigenvalue weighted by atomic mass is 9.77. The minimum Gasteiger partial charge on any atom is -0.507 e. The molecule has 1 aliphatic carbocycles. The molecule has 2 fully saturated rings. The third-order valence-corrected chi connectivity index (χ3v) is 12.8. The largest absolute Gasteiger partial charge is 0.507 e. The molecule has 7 bridgehead atoms. The van der Waals surface area contributed by atoms with Gasteiger partial charge in [-0.3, -0.25) is 24.0 Å². The van der Waals surface area contributed by atoms with Crippen molar-refractivity contribution in [2.45, 2.75) is 125 Å². The van der Waals surface area contributed by atoms with Crippen molar-refractivity contribution in [1.82, 2.24) is 10.2 Å². The number of amides is 1. The van der Waals surface area contributed by atoms with E-state index < -0.39 is 76.3 Å². The summed E-state index contributed by atoms with van der Waals surface area (Å²) < 4.78 is 37.2. The average Bonchev–Trinajstić information content (AvgIpc) is 3.45. The quantitative estimate of drug-likeness (QED) is 0.317. The maximum absolute atomic E-state index is 14.9. The van der Waals surface area contributed by atoms with Gasteiger partial charge < -0.3 is 43.7 Å². The number of rotatable bonds is 3. The first-order valence-corrected chi connectivity index (χ1v) is 20.9. The molecule has 1 aromatic rings. The van der Waals surface area contributed by atoms with Gasteiger partial charge in [0.2, 0.25) is 11.6 Å². The van der Waals surface area contributed by atoms with Gasteiger partial charge in [0.1, 0.15) is 29.0 Å². The number of nitrogens with one attached hydrogen (secondary N) is 1. The topological polar surface area (TPSA) is 176 Å². The fourth-order valence-electron chi connectivity index (χ4n) is 9.30. The van der Waals surface area contributed by atoms with Gasteiger partial charge in [0.25, 0.3) is 11.7 Å². The van der Waals surface area contributed by atoms with E-state index in [2.05, 4.69) is 12.2 Å². The molecule has 9 atom stereocenters. The third kappa shape index (κ3) is 8.17. The summed E-state index contributed by atoms with van der Waals surface area (Å²) in [7, 11) is 1.51. The molecule has 2 N–H and O–H groups in total. The smallest absolute Gasteiger partial charge is 0.312 e. The summed E-state index contributed by atoms with van der Waals surface area (Å²) in [6.45, 7) is 20.3. The molecule has 0 saturated carbocycles. The summed E-state index contributed by atoms with van der Waals surface area (Å²) in [5.41, 5.74) is -0.926. The molecule has 5 aliphatic heterocycles. The van der Waals surface area contributed by atoms with Crippen LogP contribution in [0.2, 0.25) is 0 Å². The Morgan fingerprint density at radius 3 is 2.17 bits per heavy atom. The molecule has 14 nitrogen and oxygen atoms in total. The van der Waals surface area contributed by atoms with Crippen LogP contribution in [-0.4, -0.2) is 95.4 Å². The van der Waals surface area contributed by atoms with Crippen LogP contribution < -0.4 is 10.1 Å². The number of ether oxygens (including phenoxy) is 6. The van der Waals surface area contributed by atoms with Crippen LogP contribution in [0.4, 0.5) is 0 Å². The number of hydrogen-bond donors (Lipinski definition) is 2. The number of aromatic hydroxyl groups is 1. The van der Waals surface area contributed by atoms with Crippen molar-refractivity contribution in [2.75, 3.05) is 20.2 Å². The van der Waals surface area contributed by atoms with Crippen LogP contribution in [-0.2, 0) is 33.3 Å². The minimum atomic E-state index is -2.02. The van der Waals surface area contributed by atoms with E-state index in [4.69, 9.17) is 28.4 Å². The normalized spacial score (nSPS) is 34.1. The number of allylic oxidation sites excluding steroid dienone is 4. The minimum absolute atomic E-state index is 0.0479. The van der Waals surface area contributed by atoms with E-state index >= 15 is 0 Å². The number of ketones is 3. The Morgan fingerprint density at radius 2 is 1.53 bits per heavy atom. The van der Waals surface area contributed by atoms with Crippen molar-refractivity contribution in [3.8, 4) is 11.5 Å². The highest BCUT2D eigenvalue weighted by Crippen LogP contribution is 2.49. The molecule has 0 spiro atoms. The molecule has 0 aromatic heterocycles. The molecule has 1 amide bonds. The number of nitrogens with zero attached hydrogens (tertiary/aromatic N) is 1. The number of fused-ring (bicyclic) bond motifs is 10. The molecule has 326 valence electrons. The van der Waals surface area contributed by atoms with E-state index in [1.807, 2.05) is 47.6 Å². The zero-order valence-corrected chi connectivity index (χ0v) is 36.8. The van der Waals surface area contributed by atoms with Gasteiger partial charge in [0, 0.05) is 68.9 Å². The monoisotopic (exact) mass is 832 g/mol. The molecule has 14 heteroatoms. The summed E-state index contributed by atoms with van der Waals surface area (Å²) in [5, 5.41) is 14.3. The third-order valence-electron chi connectivity index (χ3n) is 12.8. The van der Waals surface area contributed by atoms with Crippen LogP contribution >= 0.6 is 0 Å². The SMILES string of the molecule is CO[C@H]1/C=C\O[C@@]2(C)Oc3c(C)c(O)c4c(c3C2=O)C(=O)C(N2CCC(C)CC2)=C(NC(=O)/C(C)=C\C=C[C@H](C)[C@@H]2OC(C)(C)O[C@H]([C@H](C)[C@H](OC(C)=O)[C@@H]1C)[C@@H]2C)C4=O. The number of Topliss-reactive ketones (excluding diaryl/α,β-unsaturated/α-hetero) is 3. The predicted octanol–water partition coefficient (Wildman–Crippen LogP) is 6.49. The van der Waals surface area contributed by atoms with Gasteiger partial charge in [0.05, 0.1) is 41.3 Å². The molecule has 7 rings (SSSR count). The first-order valence-electron chi connectivity index (χ1n) is 20.9. The zero-order valence-electron chi connectivity index (χ0n) is 36.8. The Hall–Kier alpha value is -4.79. The number of phenols is 1. The molecular weight excluding hydrogens is 773 g/mol. The van der Waals surface area contributed by atoms with E-state index in [1.54, 1.807) is 30.1 Å². The molecule has 5 heterocycles. The number of hydrogen-bond acceptors (Lipinski definition) is 13. The number of esters is 1. The van der Waals surface area contributed by atoms with Crippen LogP contribution in [0.25, 0.3) is 0 Å². The van der Waals surface area contributed by atoms with Crippen molar-refractivity contribution < 1.29 is 57.5 Å². The van der Waals surface area contributed by atoms with E-state index in [0.29, 0.717) is 19.0 Å². The van der Waals surface area contributed by atoms with Crippen LogP contribution in [0.5, 0.6) is 11.5 Å². The van der Waals surface area contributed by atoms with Gasteiger partial charge in [-0.15, -0.1) is 0 Å². The number of methoxy groups -OCH3 is 1. The standard InChI is InChI=1S/C46H60N2O12/c1-22-16-19-48(20-17-22)35-34-37(51)32-31(38(35)52)33-42(26(5)36(32)50)60-46(11,43(33)53)56-21-18-30(55-12)25(4)40(57-29(8)49)28(7)41-27(6)39(58-45(9,10)59-41)23(2)14-13-15-24(3)44(54)47-34/h13-15,18,21-23,25,27-28,30,39-41,50H,16-17,19-20H2,1-12H3,(H,47,54)/b14-13?,21-18-,24-15-/t23-,25+,27+,28+,30-,39-,40+,41-,46-/m0/s1. The Kier molecular flexibility index (Phi) is 12.6. The molecule has 0 unspecified atom stereocenters. The van der Waals surface area contributed by atoms with Gasteiger partial charge in [-0.25, -0.2) is 0 Å². The first kappa shape index (κ1) is 44.8. The van der Waals surface area contributed by atoms with Gasteiger partial charge in [-0.2, -0.15) is 0 Å². The molecule has 2 saturated heterocycles. The molecule has 0 radical (unpaired) electrons. The van der Waals surface area contributed by atoms with Crippen molar-refractivity contribution >= 4 is 29.2 Å². The highest BCUT2D eigenvalue weighted by Gasteiger charge is 2.54. The predicted molar refractivity (Wildman–Crippen MR) is 220 cm³/mol. The summed E-state index contributed by atoms with van der Waals surface area (Å²) in [4.78, 5) is 72.3. The van der Waals surface area contributed by atoms with Gasteiger partial charge in [-0.1, -0.05) is 52.8 Å². The Balaban J connectivity index is 1.50. The summed E-state index contributed by atoms with van der Waals surface area (Å²) >= 11 is 0. The van der Waals surface area contributed by atoms with Crippen molar-refractivity contribution in [3.63, 3.8) is 0 Å². The number of phenolic OH excluding ortho intramolecular Hbond substituents is 1. The number of carbonyl (C=O) groups excluding carboxylic acids is 5. The maximum atomic E-state index is 14.9. The fraction of sp³-hybridized carbons (Fsp3) is 0.587. The number of likely N-dealkylation sites (tertiary alicyclic amines) is 1. The van der Waals surface area contributed by atoms with Crippen molar-refractivity contribution in [2.24, 2.45) is 29.6 Å². The summed E-state index contributed by atoms with van der Waals surface area (Å²) in [6.07, 6.45) is 7.42. The highest BCUT2D eigenvalue weighted by molar-refractivity contribution is 6.32. The van der Waals surface area contributed by atoms with E-state index in [1.165, 1.54) is 34.1 Å². The van der Waals surface area contributed by atoms with Crippen LogP contribution in [0.3, 0.4) is 0 Å². The van der Waals surface area contributed by atoms with Crippen molar-refractivity contribution in [1.29, 1.82) is 0 Å². The molecule has 6 aliphatic rings. The molecular formula is C46H60N2O12. The number of benzene rings is 1. The maximum Gasteiger partial charge on any atom is 0.312 e. The van der Waals surface area contributed by atoms with Crippen molar-refractivity contribution in [3.05, 3.63) is 69.8 Å². The summed E-state index contributed by atoms with van der Waals surface area (Å²) in [6, 6.07) is 0. The van der Waals surface area contributed by atoms with Gasteiger partial charge in [-0.05, 0) is 52.5 Å². The van der Waals surface area contributed by atoms with E-state index in [9.17, 15) is 29.1 Å². The second-order valence-electron chi connectivity index (χ2n) is 17.8. The lowest BCUT2D eigenvalue weighted by Gasteiger charge is -2.50. The second kappa shape index (κ2) is 16.9. The Morgan fingerprint density at radius 1 is 0.883 bits per heavy atom. The van der Waals surface area contributed by atoms with E-state index in [0.717, 1.165) is 12.8 Å². The Bertz CT molecular complexity index is 2070. The van der Waals surface area contributed by atoms with Crippen LogP contribution in [0.15, 0.2) is 47.5 Å². The van der Waals surface area contributed by atoms with Crippen LogP contribution in [0, 0.1) is 36.5 Å².